The minimum absolute atomic E-state index is 0.0234. The molecule has 0 unspecified atom stereocenters. The molecular formula is C20H21N3O2. The minimum Gasteiger partial charge on any atom is -0.444 e. The summed E-state index contributed by atoms with van der Waals surface area (Å²) in [6, 6.07) is 11.4. The zero-order valence-electron chi connectivity index (χ0n) is 14.4. The first-order chi connectivity index (χ1) is 12.2. The average molecular weight is 335 g/mol. The Labute approximate surface area is 147 Å². The van der Waals surface area contributed by atoms with E-state index in [1.807, 2.05) is 48.2 Å². The van der Waals surface area contributed by atoms with Gasteiger partial charge in [0.15, 0.2) is 12.2 Å². The smallest absolute Gasteiger partial charge is 0.254 e. The maximum atomic E-state index is 13.0. The van der Waals surface area contributed by atoms with E-state index in [-0.39, 0.29) is 11.9 Å². The van der Waals surface area contributed by atoms with Crippen LogP contribution >= 0.6 is 0 Å². The first-order valence-corrected chi connectivity index (χ1v) is 8.44. The molecule has 3 rings (SSSR count). The van der Waals surface area contributed by atoms with Crippen molar-refractivity contribution in [1.82, 2.24) is 14.9 Å². The van der Waals surface area contributed by atoms with Crippen LogP contribution in [0.1, 0.15) is 42.2 Å². The number of benzene rings is 1. The van der Waals surface area contributed by atoms with Gasteiger partial charge < -0.3 is 9.32 Å². The number of nitrogens with zero attached hydrogens (tertiary/aromatic N) is 3. The first-order valence-electron chi connectivity index (χ1n) is 8.44. The Morgan fingerprint density at radius 2 is 1.80 bits per heavy atom. The lowest BCUT2D eigenvalue weighted by Crippen LogP contribution is -2.34. The van der Waals surface area contributed by atoms with Crippen molar-refractivity contribution < 1.29 is 9.21 Å². The highest BCUT2D eigenvalue weighted by Gasteiger charge is 2.23. The van der Waals surface area contributed by atoms with E-state index in [0.717, 1.165) is 17.5 Å². The third-order valence-electron chi connectivity index (χ3n) is 4.30. The molecule has 2 aromatic heterocycles. The van der Waals surface area contributed by atoms with Crippen LogP contribution in [0.15, 0.2) is 65.8 Å². The van der Waals surface area contributed by atoms with Gasteiger partial charge in [-0.25, -0.2) is 4.98 Å². The number of hydrogen-bond acceptors (Lipinski definition) is 4. The standard InChI is InChI=1S/C20H21N3O2/c1-3-18(15-9-11-21-12-10-15)23(4-2)20(24)17-7-5-16(6-8-17)19-13-22-14-25-19/h5-14,18H,3-4H2,1-2H3/t18-/m0/s1. The second-order valence-electron chi connectivity index (χ2n) is 5.74. The van der Waals surface area contributed by atoms with Crippen molar-refractivity contribution in [3.63, 3.8) is 0 Å². The summed E-state index contributed by atoms with van der Waals surface area (Å²) in [7, 11) is 0. The monoisotopic (exact) mass is 335 g/mol. The summed E-state index contributed by atoms with van der Waals surface area (Å²) < 4.78 is 5.29. The molecule has 0 aliphatic carbocycles. The summed E-state index contributed by atoms with van der Waals surface area (Å²) in [5.41, 5.74) is 2.67. The Bertz CT molecular complexity index is 799. The van der Waals surface area contributed by atoms with Crippen LogP contribution in [0.3, 0.4) is 0 Å². The molecule has 5 nitrogen and oxygen atoms in total. The van der Waals surface area contributed by atoms with Gasteiger partial charge in [-0.05, 0) is 43.2 Å². The highest BCUT2D eigenvalue weighted by atomic mass is 16.3. The fraction of sp³-hybridized carbons (Fsp3) is 0.250. The summed E-state index contributed by atoms with van der Waals surface area (Å²) in [5.74, 6) is 0.713. The molecule has 1 atom stereocenters. The molecule has 2 heterocycles. The number of amides is 1. The van der Waals surface area contributed by atoms with Gasteiger partial charge >= 0.3 is 0 Å². The Balaban J connectivity index is 1.84. The predicted molar refractivity (Wildman–Crippen MR) is 95.9 cm³/mol. The van der Waals surface area contributed by atoms with Gasteiger partial charge in [-0.3, -0.25) is 9.78 Å². The fourth-order valence-electron chi connectivity index (χ4n) is 3.03. The van der Waals surface area contributed by atoms with E-state index >= 15 is 0 Å². The lowest BCUT2D eigenvalue weighted by atomic mass is 10.0. The zero-order valence-corrected chi connectivity index (χ0v) is 14.4. The van der Waals surface area contributed by atoms with Crippen molar-refractivity contribution in [3.05, 3.63) is 72.5 Å². The van der Waals surface area contributed by atoms with E-state index in [1.165, 1.54) is 6.39 Å². The van der Waals surface area contributed by atoms with Crippen molar-refractivity contribution in [2.75, 3.05) is 6.54 Å². The summed E-state index contributed by atoms with van der Waals surface area (Å²) >= 11 is 0. The van der Waals surface area contributed by atoms with Crippen LogP contribution < -0.4 is 0 Å². The molecule has 0 radical (unpaired) electrons. The number of carbonyl (C=O) groups excluding carboxylic acids is 1. The van der Waals surface area contributed by atoms with Crippen LogP contribution in [-0.4, -0.2) is 27.3 Å². The second kappa shape index (κ2) is 7.75. The summed E-state index contributed by atoms with van der Waals surface area (Å²) in [6.45, 7) is 4.74. The molecule has 1 aromatic carbocycles. The molecule has 0 spiro atoms. The van der Waals surface area contributed by atoms with E-state index in [9.17, 15) is 4.79 Å². The molecule has 0 fully saturated rings. The van der Waals surface area contributed by atoms with E-state index in [2.05, 4.69) is 16.9 Å². The first kappa shape index (κ1) is 16.9. The van der Waals surface area contributed by atoms with Crippen molar-refractivity contribution in [2.24, 2.45) is 0 Å². The maximum Gasteiger partial charge on any atom is 0.254 e. The highest BCUT2D eigenvalue weighted by Crippen LogP contribution is 2.26. The van der Waals surface area contributed by atoms with Gasteiger partial charge in [-0.1, -0.05) is 19.1 Å². The predicted octanol–water partition coefficient (Wildman–Crippen LogP) is 4.35. The van der Waals surface area contributed by atoms with Crippen LogP contribution in [0.4, 0.5) is 0 Å². The van der Waals surface area contributed by atoms with Crippen LogP contribution in [0.25, 0.3) is 11.3 Å². The van der Waals surface area contributed by atoms with E-state index < -0.39 is 0 Å². The molecule has 0 N–H and O–H groups in total. The molecule has 25 heavy (non-hydrogen) atoms. The van der Waals surface area contributed by atoms with E-state index in [4.69, 9.17) is 4.42 Å². The number of rotatable bonds is 6. The third kappa shape index (κ3) is 3.60. The Kier molecular flexibility index (Phi) is 5.23. The largest absolute Gasteiger partial charge is 0.444 e. The van der Waals surface area contributed by atoms with Gasteiger partial charge in [0, 0.05) is 30.1 Å². The van der Waals surface area contributed by atoms with Gasteiger partial charge in [0.2, 0.25) is 0 Å². The maximum absolute atomic E-state index is 13.0. The third-order valence-corrected chi connectivity index (χ3v) is 4.30. The van der Waals surface area contributed by atoms with Crippen LogP contribution in [0.5, 0.6) is 0 Å². The summed E-state index contributed by atoms with van der Waals surface area (Å²) in [6.07, 6.45) is 7.43. The summed E-state index contributed by atoms with van der Waals surface area (Å²) in [5, 5.41) is 0. The number of carbonyl (C=O) groups is 1. The van der Waals surface area contributed by atoms with Crippen molar-refractivity contribution in [2.45, 2.75) is 26.3 Å². The van der Waals surface area contributed by atoms with Crippen molar-refractivity contribution in [1.29, 1.82) is 0 Å². The van der Waals surface area contributed by atoms with Crippen LogP contribution in [-0.2, 0) is 0 Å². The molecule has 0 saturated carbocycles. The van der Waals surface area contributed by atoms with Gasteiger partial charge in [-0.2, -0.15) is 0 Å². The average Bonchev–Trinajstić information content (AvgIpc) is 3.21. The SMILES string of the molecule is CC[C@@H](c1ccncc1)N(CC)C(=O)c1ccc(-c2cnco2)cc1. The normalized spacial score (nSPS) is 11.9. The van der Waals surface area contributed by atoms with Crippen LogP contribution in [0, 0.1) is 0 Å². The fourth-order valence-corrected chi connectivity index (χ4v) is 3.03. The van der Waals surface area contributed by atoms with Gasteiger partial charge in [0.25, 0.3) is 5.91 Å². The van der Waals surface area contributed by atoms with Gasteiger partial charge in [-0.15, -0.1) is 0 Å². The number of hydrogen-bond donors (Lipinski definition) is 0. The Hall–Kier alpha value is -2.95. The molecule has 1 amide bonds. The molecule has 0 aliphatic heterocycles. The lowest BCUT2D eigenvalue weighted by Gasteiger charge is -2.30. The van der Waals surface area contributed by atoms with Crippen LogP contribution in [0.2, 0.25) is 0 Å². The minimum atomic E-state index is 0.0234. The van der Waals surface area contributed by atoms with E-state index in [1.54, 1.807) is 18.6 Å². The Morgan fingerprint density at radius 3 is 2.36 bits per heavy atom. The van der Waals surface area contributed by atoms with Crippen molar-refractivity contribution in [3.8, 4) is 11.3 Å². The number of oxazole rings is 1. The molecule has 3 aromatic rings. The molecule has 0 aliphatic rings. The lowest BCUT2D eigenvalue weighted by molar-refractivity contribution is 0.0682. The van der Waals surface area contributed by atoms with Gasteiger partial charge in [0.05, 0.1) is 12.2 Å². The summed E-state index contributed by atoms with van der Waals surface area (Å²) in [4.78, 5) is 22.9. The molecule has 0 saturated heterocycles. The van der Waals surface area contributed by atoms with Gasteiger partial charge in [0.1, 0.15) is 0 Å². The topological polar surface area (TPSA) is 59.2 Å². The second-order valence-corrected chi connectivity index (χ2v) is 5.74. The Morgan fingerprint density at radius 1 is 1.08 bits per heavy atom. The molecule has 128 valence electrons. The highest BCUT2D eigenvalue weighted by molar-refractivity contribution is 5.95. The molecule has 5 heteroatoms. The number of pyridine rings is 1. The van der Waals surface area contributed by atoms with Crippen molar-refractivity contribution >= 4 is 5.91 Å². The zero-order chi connectivity index (χ0) is 17.6. The molecule has 0 bridgehead atoms. The van der Waals surface area contributed by atoms with E-state index in [0.29, 0.717) is 17.9 Å². The quantitative estimate of drug-likeness (QED) is 0.672. The number of aromatic nitrogens is 2. The molecular weight excluding hydrogens is 314 g/mol.